The number of nitrogens with one attached hydrogen (secondary N) is 1. The van der Waals surface area contributed by atoms with Gasteiger partial charge in [0.1, 0.15) is 0 Å². The van der Waals surface area contributed by atoms with E-state index in [1.165, 1.54) is 26.4 Å². The van der Waals surface area contributed by atoms with Crippen molar-refractivity contribution in [2.45, 2.75) is 6.42 Å². The number of carbonyl (C=O) groups is 2. The second kappa shape index (κ2) is 6.31. The van der Waals surface area contributed by atoms with E-state index in [9.17, 15) is 9.59 Å². The van der Waals surface area contributed by atoms with Crippen LogP contribution in [0.4, 0.5) is 5.69 Å². The van der Waals surface area contributed by atoms with Gasteiger partial charge in [0.25, 0.3) is 0 Å². The maximum absolute atomic E-state index is 11.4. The van der Waals surface area contributed by atoms with E-state index in [0.29, 0.717) is 5.75 Å². The molecule has 0 saturated carbocycles. The number of hydrogen-bond acceptors (Lipinski definition) is 4. The number of carboxylic acid groups (broad SMARTS) is 1. The number of hydrogen-bond donors (Lipinski definition) is 2. The van der Waals surface area contributed by atoms with E-state index in [1.807, 2.05) is 0 Å². The average Bonchev–Trinajstić information content (AvgIpc) is 2.38. The first-order valence-corrected chi connectivity index (χ1v) is 5.26. The minimum absolute atomic E-state index is 0.102. The highest BCUT2D eigenvalue weighted by Gasteiger charge is 2.17. The maximum Gasteiger partial charge on any atom is 0.337 e. The normalized spacial score (nSPS) is 9.32. The van der Waals surface area contributed by atoms with Gasteiger partial charge in [0, 0.05) is 12.1 Å². The standard InChI is InChI=1S/C13H13NO5/c1-4-5-12(15)14-9-7-11(19-3)10(18-2)6-8(9)13(16)17/h1,6-7H,5H2,2-3H3,(H,14,15)(H,16,17). The molecule has 0 aliphatic heterocycles. The van der Waals surface area contributed by atoms with Gasteiger partial charge in [0.2, 0.25) is 5.91 Å². The molecule has 0 radical (unpaired) electrons. The lowest BCUT2D eigenvalue weighted by Gasteiger charge is -2.13. The van der Waals surface area contributed by atoms with Crippen LogP contribution in [0.5, 0.6) is 11.5 Å². The fraction of sp³-hybridized carbons (Fsp3) is 0.231. The van der Waals surface area contributed by atoms with Gasteiger partial charge in [-0.15, -0.1) is 6.42 Å². The molecule has 0 fully saturated rings. The van der Waals surface area contributed by atoms with Gasteiger partial charge >= 0.3 is 5.97 Å². The summed E-state index contributed by atoms with van der Waals surface area (Å²) in [5, 5.41) is 11.5. The van der Waals surface area contributed by atoms with Gasteiger partial charge < -0.3 is 19.9 Å². The molecule has 0 bridgehead atoms. The molecular weight excluding hydrogens is 250 g/mol. The largest absolute Gasteiger partial charge is 0.493 e. The number of carbonyl (C=O) groups excluding carboxylic acids is 1. The van der Waals surface area contributed by atoms with Crippen LogP contribution in [0.15, 0.2) is 12.1 Å². The smallest absolute Gasteiger partial charge is 0.337 e. The molecule has 1 aromatic carbocycles. The molecule has 6 heteroatoms. The molecule has 0 aromatic heterocycles. The van der Waals surface area contributed by atoms with E-state index < -0.39 is 11.9 Å². The van der Waals surface area contributed by atoms with Crippen LogP contribution in [0.2, 0.25) is 0 Å². The van der Waals surface area contributed by atoms with Gasteiger partial charge in [-0.05, 0) is 0 Å². The number of ether oxygens (including phenoxy) is 2. The molecule has 0 atom stereocenters. The third kappa shape index (κ3) is 3.39. The summed E-state index contributed by atoms with van der Waals surface area (Å²) in [6.07, 6.45) is 4.87. The number of methoxy groups -OCH3 is 2. The first-order valence-electron chi connectivity index (χ1n) is 5.26. The minimum atomic E-state index is -1.20. The Bertz CT molecular complexity index is 545. The molecule has 1 aromatic rings. The Morgan fingerprint density at radius 3 is 2.37 bits per heavy atom. The van der Waals surface area contributed by atoms with Gasteiger partial charge in [0.05, 0.1) is 31.9 Å². The summed E-state index contributed by atoms with van der Waals surface area (Å²) in [6, 6.07) is 2.64. The first-order chi connectivity index (χ1) is 9.03. The minimum Gasteiger partial charge on any atom is -0.493 e. The lowest BCUT2D eigenvalue weighted by molar-refractivity contribution is -0.115. The van der Waals surface area contributed by atoms with Crippen molar-refractivity contribution in [2.24, 2.45) is 0 Å². The van der Waals surface area contributed by atoms with E-state index in [-0.39, 0.29) is 23.4 Å². The van der Waals surface area contributed by atoms with Gasteiger partial charge in [-0.3, -0.25) is 4.79 Å². The third-order valence-electron chi connectivity index (χ3n) is 2.29. The van der Waals surface area contributed by atoms with E-state index in [2.05, 4.69) is 11.2 Å². The highest BCUT2D eigenvalue weighted by Crippen LogP contribution is 2.33. The van der Waals surface area contributed by atoms with Crippen LogP contribution >= 0.6 is 0 Å². The average molecular weight is 263 g/mol. The van der Waals surface area contributed by atoms with Crippen molar-refractivity contribution in [3.05, 3.63) is 17.7 Å². The molecule has 2 N–H and O–H groups in total. The SMILES string of the molecule is C#CCC(=O)Nc1cc(OC)c(OC)cc1C(=O)O. The number of terminal acetylenes is 1. The number of aromatic carboxylic acids is 1. The lowest BCUT2D eigenvalue weighted by Crippen LogP contribution is -2.14. The number of anilines is 1. The van der Waals surface area contributed by atoms with Crippen molar-refractivity contribution in [2.75, 3.05) is 19.5 Å². The predicted molar refractivity (Wildman–Crippen MR) is 68.6 cm³/mol. The van der Waals surface area contributed by atoms with Crippen molar-refractivity contribution in [3.8, 4) is 23.8 Å². The zero-order valence-corrected chi connectivity index (χ0v) is 10.5. The molecule has 19 heavy (non-hydrogen) atoms. The lowest BCUT2D eigenvalue weighted by atomic mass is 10.1. The van der Waals surface area contributed by atoms with Crippen LogP contribution in [0.25, 0.3) is 0 Å². The molecule has 6 nitrogen and oxygen atoms in total. The number of carboxylic acids is 1. The van der Waals surface area contributed by atoms with Crippen LogP contribution in [-0.2, 0) is 4.79 Å². The summed E-state index contributed by atoms with van der Waals surface area (Å²) in [5.41, 5.74) is -0.00609. The topological polar surface area (TPSA) is 84.9 Å². The quantitative estimate of drug-likeness (QED) is 0.783. The Morgan fingerprint density at radius 1 is 1.32 bits per heavy atom. The molecule has 0 spiro atoms. The van der Waals surface area contributed by atoms with E-state index in [1.54, 1.807) is 0 Å². The highest BCUT2D eigenvalue weighted by atomic mass is 16.5. The summed E-state index contributed by atoms with van der Waals surface area (Å²) >= 11 is 0. The Morgan fingerprint density at radius 2 is 1.89 bits per heavy atom. The molecule has 1 amide bonds. The molecule has 100 valence electrons. The van der Waals surface area contributed by atoms with Gasteiger partial charge in [0.15, 0.2) is 11.5 Å². The van der Waals surface area contributed by atoms with Crippen molar-refractivity contribution in [1.29, 1.82) is 0 Å². The van der Waals surface area contributed by atoms with Crippen LogP contribution in [0.1, 0.15) is 16.8 Å². The van der Waals surface area contributed by atoms with Gasteiger partial charge in [-0.25, -0.2) is 4.79 Å². The van der Waals surface area contributed by atoms with Crippen LogP contribution < -0.4 is 14.8 Å². The molecule has 0 aliphatic carbocycles. The summed E-state index contributed by atoms with van der Waals surface area (Å²) in [7, 11) is 2.80. The van der Waals surface area contributed by atoms with Crippen LogP contribution in [0, 0.1) is 12.3 Å². The third-order valence-corrected chi connectivity index (χ3v) is 2.29. The zero-order valence-electron chi connectivity index (χ0n) is 10.5. The van der Waals surface area contributed by atoms with Crippen molar-refractivity contribution < 1.29 is 24.2 Å². The van der Waals surface area contributed by atoms with Crippen LogP contribution in [0.3, 0.4) is 0 Å². The Kier molecular flexibility index (Phi) is 4.77. The van der Waals surface area contributed by atoms with Crippen molar-refractivity contribution in [3.63, 3.8) is 0 Å². The number of benzene rings is 1. The van der Waals surface area contributed by atoms with E-state index in [0.717, 1.165) is 0 Å². The summed E-state index contributed by atoms with van der Waals surface area (Å²) < 4.78 is 10.0. The monoisotopic (exact) mass is 263 g/mol. The molecular formula is C13H13NO5. The second-order valence-corrected chi connectivity index (χ2v) is 3.49. The van der Waals surface area contributed by atoms with Crippen molar-refractivity contribution in [1.82, 2.24) is 0 Å². The number of rotatable bonds is 5. The second-order valence-electron chi connectivity index (χ2n) is 3.49. The molecule has 0 aliphatic rings. The van der Waals surface area contributed by atoms with Crippen molar-refractivity contribution >= 4 is 17.6 Å². The Labute approximate surface area is 110 Å². The van der Waals surface area contributed by atoms with Crippen LogP contribution in [-0.4, -0.2) is 31.2 Å². The maximum atomic E-state index is 11.4. The predicted octanol–water partition coefficient (Wildman–Crippen LogP) is 1.36. The Balaban J connectivity index is 3.24. The Hall–Kier alpha value is -2.68. The first kappa shape index (κ1) is 14.4. The highest BCUT2D eigenvalue weighted by molar-refractivity contribution is 6.01. The fourth-order valence-corrected chi connectivity index (χ4v) is 1.45. The summed E-state index contributed by atoms with van der Waals surface area (Å²) in [4.78, 5) is 22.6. The molecule has 0 heterocycles. The van der Waals surface area contributed by atoms with E-state index in [4.69, 9.17) is 21.0 Å². The van der Waals surface area contributed by atoms with Gasteiger partial charge in [-0.1, -0.05) is 5.92 Å². The van der Waals surface area contributed by atoms with E-state index >= 15 is 0 Å². The zero-order chi connectivity index (χ0) is 14.4. The number of amides is 1. The fourth-order valence-electron chi connectivity index (χ4n) is 1.45. The summed E-state index contributed by atoms with van der Waals surface area (Å²) in [5.74, 6) is 1.07. The molecule has 0 unspecified atom stereocenters. The summed E-state index contributed by atoms with van der Waals surface area (Å²) in [6.45, 7) is 0. The molecule has 1 rings (SSSR count). The molecule has 0 saturated heterocycles. The van der Waals surface area contributed by atoms with Gasteiger partial charge in [-0.2, -0.15) is 0 Å².